The van der Waals surface area contributed by atoms with Crippen molar-refractivity contribution in [1.82, 2.24) is 4.72 Å². The molecule has 2 atom stereocenters. The van der Waals surface area contributed by atoms with Crippen LogP contribution in [0.15, 0.2) is 0 Å². The maximum absolute atomic E-state index is 11.7. The molecule has 0 aromatic rings. The average molecular weight is 347 g/mol. The Morgan fingerprint density at radius 1 is 1.60 bits per heavy atom. The summed E-state index contributed by atoms with van der Waals surface area (Å²) in [6.07, 6.45) is 0.232. The van der Waals surface area contributed by atoms with Gasteiger partial charge in [-0.15, -0.1) is 4.72 Å². The second kappa shape index (κ2) is 6.93. The minimum absolute atomic E-state index is 0.165. The van der Waals surface area contributed by atoms with Crippen LogP contribution in [0.3, 0.4) is 0 Å². The van der Waals surface area contributed by atoms with Crippen molar-refractivity contribution in [1.29, 1.82) is 0 Å². The molecule has 0 fully saturated rings. The van der Waals surface area contributed by atoms with Gasteiger partial charge in [0, 0.05) is 11.4 Å². The minimum atomic E-state index is -1.15. The molecule has 0 spiro atoms. The van der Waals surface area contributed by atoms with Crippen LogP contribution >= 0.6 is 22.6 Å². The molecule has 0 heterocycles. The molecule has 0 aliphatic heterocycles. The summed E-state index contributed by atoms with van der Waals surface area (Å²) in [5, 5.41) is 0. The highest BCUT2D eigenvalue weighted by molar-refractivity contribution is 14.1. The fourth-order valence-corrected chi connectivity index (χ4v) is 2.42. The normalized spacial score (nSPS) is 15.9. The molecular weight excluding hydrogens is 329 g/mol. The predicted molar refractivity (Wildman–Crippen MR) is 70.1 cm³/mol. The number of hydrogen-bond acceptors (Lipinski definition) is 4. The second-order valence-electron chi connectivity index (χ2n) is 3.98. The second-order valence-corrected chi connectivity index (χ2v) is 7.48. The Kier molecular flexibility index (Phi) is 7.14. The molecule has 0 aliphatic carbocycles. The topological polar surface area (TPSA) is 61.4 Å². The van der Waals surface area contributed by atoms with Gasteiger partial charge in [-0.25, -0.2) is 0 Å². The van der Waals surface area contributed by atoms with E-state index in [1.54, 1.807) is 6.92 Å². The van der Waals surface area contributed by atoms with Gasteiger partial charge in [0.2, 0.25) is 0 Å². The monoisotopic (exact) mass is 347 g/mol. The Hall–Kier alpha value is 0.470. The first-order valence-electron chi connectivity index (χ1n) is 4.75. The smallest absolute Gasteiger partial charge is 0.308 e. The Morgan fingerprint density at radius 3 is 2.53 bits per heavy atom. The Labute approximate surface area is 108 Å². The first kappa shape index (κ1) is 15.5. The number of halogens is 1. The molecule has 0 aliphatic rings. The molecule has 0 radical (unpaired) electrons. The van der Waals surface area contributed by atoms with Gasteiger partial charge in [-0.3, -0.25) is 4.79 Å². The van der Waals surface area contributed by atoms with E-state index in [2.05, 4.69) is 4.72 Å². The van der Waals surface area contributed by atoms with Crippen LogP contribution in [0.1, 0.15) is 34.1 Å². The first-order chi connectivity index (χ1) is 6.77. The number of alkyl halides is 1. The Bertz CT molecular complexity index is 208. The van der Waals surface area contributed by atoms with Gasteiger partial charge in [0.05, 0.1) is 13.0 Å². The third-order valence-corrected chi connectivity index (χ3v) is 4.23. The van der Waals surface area contributed by atoms with E-state index >= 15 is 0 Å². The predicted octanol–water partition coefficient (Wildman–Crippen LogP) is 1.75. The zero-order valence-corrected chi connectivity index (χ0v) is 12.5. The van der Waals surface area contributed by atoms with E-state index in [9.17, 15) is 9.35 Å². The highest BCUT2D eigenvalue weighted by atomic mass is 127. The van der Waals surface area contributed by atoms with Crippen molar-refractivity contribution in [3.63, 3.8) is 0 Å². The van der Waals surface area contributed by atoms with E-state index < -0.39 is 11.4 Å². The summed E-state index contributed by atoms with van der Waals surface area (Å²) < 4.78 is 18.8. The van der Waals surface area contributed by atoms with E-state index in [1.807, 2.05) is 43.4 Å². The van der Waals surface area contributed by atoms with Crippen molar-refractivity contribution >= 4 is 39.9 Å². The van der Waals surface area contributed by atoms with Crippen molar-refractivity contribution in [2.75, 3.05) is 6.61 Å². The zero-order chi connectivity index (χ0) is 12.1. The molecule has 0 amide bonds. The quantitative estimate of drug-likeness (QED) is 0.271. The van der Waals surface area contributed by atoms with E-state index in [4.69, 9.17) is 4.74 Å². The number of carbonyl (C=O) groups excluding carboxylic acids is 1. The zero-order valence-electron chi connectivity index (χ0n) is 9.50. The van der Waals surface area contributed by atoms with E-state index in [-0.39, 0.29) is 21.2 Å². The standard InChI is InChI=1S/C9H18INO3S/c1-5-14-8(12)6-7(10)11-15(13)9(2,3)4/h7,11H,5-6H2,1-4H3. The number of carbonyl (C=O) groups is 1. The van der Waals surface area contributed by atoms with Crippen LogP contribution in [0.5, 0.6) is 0 Å². The molecule has 15 heavy (non-hydrogen) atoms. The van der Waals surface area contributed by atoms with Crippen LogP contribution in [0.4, 0.5) is 0 Å². The van der Waals surface area contributed by atoms with Gasteiger partial charge in [0.15, 0.2) is 0 Å². The summed E-state index contributed by atoms with van der Waals surface area (Å²) in [4.78, 5) is 11.1. The van der Waals surface area contributed by atoms with Crippen molar-refractivity contribution in [3.05, 3.63) is 0 Å². The van der Waals surface area contributed by atoms with Crippen molar-refractivity contribution in [3.8, 4) is 0 Å². The summed E-state index contributed by atoms with van der Waals surface area (Å²) in [5.74, 6) is -0.268. The number of ether oxygens (including phenoxy) is 1. The largest absolute Gasteiger partial charge is 0.598 e. The van der Waals surface area contributed by atoms with Crippen molar-refractivity contribution in [2.45, 2.75) is 42.9 Å². The maximum Gasteiger partial charge on any atom is 0.308 e. The van der Waals surface area contributed by atoms with Crippen LogP contribution < -0.4 is 4.72 Å². The average Bonchev–Trinajstić information content (AvgIpc) is 2.01. The molecule has 0 aromatic carbocycles. The van der Waals surface area contributed by atoms with Gasteiger partial charge < -0.3 is 9.29 Å². The molecule has 90 valence electrons. The minimum Gasteiger partial charge on any atom is -0.598 e. The van der Waals surface area contributed by atoms with E-state index in [0.29, 0.717) is 6.61 Å². The molecule has 1 N–H and O–H groups in total. The maximum atomic E-state index is 11.7. The van der Waals surface area contributed by atoms with Gasteiger partial charge >= 0.3 is 5.97 Å². The number of hydrogen-bond donors (Lipinski definition) is 1. The van der Waals surface area contributed by atoms with Crippen LogP contribution in [0, 0.1) is 0 Å². The van der Waals surface area contributed by atoms with Gasteiger partial charge in [-0.05, 0) is 27.7 Å². The Balaban J connectivity index is 3.93. The summed E-state index contributed by atoms with van der Waals surface area (Å²) in [5.41, 5.74) is 0. The summed E-state index contributed by atoms with van der Waals surface area (Å²) in [7, 11) is 0. The fourth-order valence-electron chi connectivity index (χ4n) is 0.701. The molecule has 0 rings (SSSR count). The van der Waals surface area contributed by atoms with Crippen LogP contribution in [0.2, 0.25) is 0 Å². The summed E-state index contributed by atoms with van der Waals surface area (Å²) in [6, 6.07) is 0. The van der Waals surface area contributed by atoms with Gasteiger partial charge in [-0.1, -0.05) is 22.6 Å². The summed E-state index contributed by atoms with van der Waals surface area (Å²) in [6.45, 7) is 7.78. The van der Waals surface area contributed by atoms with Gasteiger partial charge in [-0.2, -0.15) is 0 Å². The SMILES string of the molecule is CCOC(=O)CC(I)N[S+]([O-])C(C)(C)C. The number of nitrogens with one attached hydrogen (secondary N) is 1. The molecule has 4 nitrogen and oxygen atoms in total. The van der Waals surface area contributed by atoms with Crippen molar-refractivity contribution < 1.29 is 14.1 Å². The molecule has 0 bridgehead atoms. The molecule has 6 heteroatoms. The highest BCUT2D eigenvalue weighted by Crippen LogP contribution is 2.16. The van der Waals surface area contributed by atoms with Gasteiger partial charge in [0.1, 0.15) is 8.80 Å². The van der Waals surface area contributed by atoms with E-state index in [0.717, 1.165) is 0 Å². The molecule has 0 aromatic heterocycles. The third kappa shape index (κ3) is 7.37. The van der Waals surface area contributed by atoms with Crippen LogP contribution in [0.25, 0.3) is 0 Å². The highest BCUT2D eigenvalue weighted by Gasteiger charge is 2.29. The summed E-state index contributed by atoms with van der Waals surface area (Å²) >= 11 is 0.894. The first-order valence-corrected chi connectivity index (χ1v) is 7.14. The van der Waals surface area contributed by atoms with Crippen molar-refractivity contribution in [2.24, 2.45) is 0 Å². The molecule has 0 saturated carbocycles. The lowest BCUT2D eigenvalue weighted by Gasteiger charge is -2.25. The molecule has 2 unspecified atom stereocenters. The Morgan fingerprint density at radius 2 is 2.13 bits per heavy atom. The lowest BCUT2D eigenvalue weighted by Crippen LogP contribution is -2.43. The van der Waals surface area contributed by atoms with E-state index in [1.165, 1.54) is 0 Å². The lowest BCUT2D eigenvalue weighted by molar-refractivity contribution is -0.143. The number of esters is 1. The van der Waals surface area contributed by atoms with Crippen LogP contribution in [-0.4, -0.2) is 25.9 Å². The fraction of sp³-hybridized carbons (Fsp3) is 0.889. The van der Waals surface area contributed by atoms with Gasteiger partial charge in [0.25, 0.3) is 0 Å². The molecular formula is C9H18INO3S. The van der Waals surface area contributed by atoms with Crippen LogP contribution in [-0.2, 0) is 20.9 Å². The third-order valence-electron chi connectivity index (χ3n) is 1.44. The lowest BCUT2D eigenvalue weighted by atomic mass is 10.3. The molecule has 0 saturated heterocycles. The number of rotatable bonds is 5.